The second-order valence-corrected chi connectivity index (χ2v) is 6.20. The van der Waals surface area contributed by atoms with Crippen LogP contribution in [0.5, 0.6) is 0 Å². The van der Waals surface area contributed by atoms with E-state index in [4.69, 9.17) is 0 Å². The van der Waals surface area contributed by atoms with Crippen LogP contribution in [-0.4, -0.2) is 33.5 Å². The molecule has 0 aromatic carbocycles. The smallest absolute Gasteiger partial charge is 0.130 e. The average Bonchev–Trinajstić information content (AvgIpc) is 2.46. The molecule has 1 fully saturated rings. The van der Waals surface area contributed by atoms with E-state index < -0.39 is 5.60 Å². The fourth-order valence-corrected chi connectivity index (χ4v) is 2.98. The molecule has 1 aliphatic carbocycles. The molecule has 2 rings (SSSR count). The Morgan fingerprint density at radius 2 is 2.16 bits per heavy atom. The molecule has 0 saturated heterocycles. The van der Waals surface area contributed by atoms with Crippen LogP contribution >= 0.6 is 11.8 Å². The molecule has 19 heavy (non-hydrogen) atoms. The van der Waals surface area contributed by atoms with Crippen molar-refractivity contribution in [3.63, 3.8) is 0 Å². The van der Waals surface area contributed by atoms with Gasteiger partial charge in [0.1, 0.15) is 17.2 Å². The number of aromatic nitrogens is 2. The van der Waals surface area contributed by atoms with Crippen LogP contribution < -0.4 is 5.32 Å². The minimum Gasteiger partial charge on any atom is -0.388 e. The number of nitrogens with zero attached hydrogens (tertiary/aromatic N) is 2. The molecule has 1 aliphatic rings. The number of aliphatic hydroxyl groups is 1. The van der Waals surface area contributed by atoms with Gasteiger partial charge < -0.3 is 10.4 Å². The van der Waals surface area contributed by atoms with Gasteiger partial charge in [-0.2, -0.15) is 0 Å². The van der Waals surface area contributed by atoms with E-state index in [1.54, 1.807) is 18.1 Å². The van der Waals surface area contributed by atoms with Gasteiger partial charge in [0.15, 0.2) is 0 Å². The van der Waals surface area contributed by atoms with Crippen molar-refractivity contribution in [1.82, 2.24) is 9.97 Å². The van der Waals surface area contributed by atoms with Crippen LogP contribution in [0, 0.1) is 5.92 Å². The Bertz CT molecular complexity index is 405. The molecule has 0 unspecified atom stereocenters. The molecule has 4 nitrogen and oxygen atoms in total. The number of hydrogen-bond acceptors (Lipinski definition) is 5. The Hall–Kier alpha value is -0.810. The predicted molar refractivity (Wildman–Crippen MR) is 79.5 cm³/mol. The van der Waals surface area contributed by atoms with Crippen LogP contribution in [0.2, 0.25) is 0 Å². The highest BCUT2D eigenvalue weighted by molar-refractivity contribution is 7.98. The molecule has 0 radical (unpaired) electrons. The molecule has 1 aromatic rings. The molecule has 1 aromatic heterocycles. The molecule has 0 amide bonds. The lowest BCUT2D eigenvalue weighted by Crippen LogP contribution is -2.40. The van der Waals surface area contributed by atoms with Crippen LogP contribution in [0.1, 0.15) is 39.0 Å². The molecule has 0 atom stereocenters. The first kappa shape index (κ1) is 14.6. The maximum Gasteiger partial charge on any atom is 0.130 e. The minimum absolute atomic E-state index is 0.573. The van der Waals surface area contributed by atoms with Crippen molar-refractivity contribution in [3.8, 4) is 0 Å². The summed E-state index contributed by atoms with van der Waals surface area (Å²) < 4.78 is 0. The quantitative estimate of drug-likeness (QED) is 0.642. The first-order chi connectivity index (χ1) is 9.15. The number of hydrogen-bond donors (Lipinski definition) is 2. The van der Waals surface area contributed by atoms with Gasteiger partial charge >= 0.3 is 0 Å². The maximum absolute atomic E-state index is 10.6. The fraction of sp³-hybridized carbons (Fsp3) is 0.714. The summed E-state index contributed by atoms with van der Waals surface area (Å²) in [6, 6.07) is 1.92. The molecular weight excluding hydrogens is 258 g/mol. The lowest BCUT2D eigenvalue weighted by atomic mass is 9.78. The standard InChI is InChI=1S/C14H23N3OS/c1-3-11-4-6-14(18,7-5-11)9-15-12-8-13(19-2)17-10-16-12/h8,10-11,18H,3-7,9H2,1-2H3,(H,15,16,17). The summed E-state index contributed by atoms with van der Waals surface area (Å²) in [5.41, 5.74) is -0.573. The van der Waals surface area contributed by atoms with Gasteiger partial charge in [-0.25, -0.2) is 9.97 Å². The summed E-state index contributed by atoms with van der Waals surface area (Å²) in [5.74, 6) is 1.59. The monoisotopic (exact) mass is 281 g/mol. The van der Waals surface area contributed by atoms with Crippen molar-refractivity contribution in [1.29, 1.82) is 0 Å². The first-order valence-corrected chi connectivity index (χ1v) is 8.20. The van der Waals surface area contributed by atoms with Gasteiger partial charge in [-0.05, 0) is 37.9 Å². The van der Waals surface area contributed by atoms with E-state index in [-0.39, 0.29) is 0 Å². The number of anilines is 1. The molecule has 0 spiro atoms. The fourth-order valence-electron chi connectivity index (χ4n) is 2.60. The Morgan fingerprint density at radius 3 is 2.79 bits per heavy atom. The van der Waals surface area contributed by atoms with Crippen molar-refractivity contribution in [2.75, 3.05) is 18.1 Å². The van der Waals surface area contributed by atoms with Gasteiger partial charge in [-0.15, -0.1) is 11.8 Å². The van der Waals surface area contributed by atoms with Gasteiger partial charge in [-0.1, -0.05) is 13.3 Å². The minimum atomic E-state index is -0.573. The number of nitrogens with one attached hydrogen (secondary N) is 1. The molecule has 5 heteroatoms. The highest BCUT2D eigenvalue weighted by atomic mass is 32.2. The van der Waals surface area contributed by atoms with E-state index in [2.05, 4.69) is 22.2 Å². The zero-order valence-electron chi connectivity index (χ0n) is 11.7. The van der Waals surface area contributed by atoms with Gasteiger partial charge in [0, 0.05) is 12.6 Å². The average molecular weight is 281 g/mol. The molecule has 0 bridgehead atoms. The van der Waals surface area contributed by atoms with Crippen LogP contribution in [0.15, 0.2) is 17.4 Å². The Labute approximate surface area is 119 Å². The van der Waals surface area contributed by atoms with Crippen LogP contribution in [-0.2, 0) is 0 Å². The molecule has 2 N–H and O–H groups in total. The molecule has 106 valence electrons. The lowest BCUT2D eigenvalue weighted by Gasteiger charge is -2.36. The second kappa shape index (κ2) is 6.57. The summed E-state index contributed by atoms with van der Waals surface area (Å²) >= 11 is 1.59. The van der Waals surface area contributed by atoms with Gasteiger partial charge in [0.25, 0.3) is 0 Å². The van der Waals surface area contributed by atoms with Gasteiger partial charge in [-0.3, -0.25) is 0 Å². The molecular formula is C14H23N3OS. The topological polar surface area (TPSA) is 58.0 Å². The van der Waals surface area contributed by atoms with E-state index in [0.29, 0.717) is 6.54 Å². The summed E-state index contributed by atoms with van der Waals surface area (Å²) in [4.78, 5) is 8.33. The summed E-state index contributed by atoms with van der Waals surface area (Å²) in [5, 5.41) is 14.8. The van der Waals surface area contributed by atoms with Crippen LogP contribution in [0.3, 0.4) is 0 Å². The van der Waals surface area contributed by atoms with Crippen molar-refractivity contribution in [3.05, 3.63) is 12.4 Å². The number of thioether (sulfide) groups is 1. The van der Waals surface area contributed by atoms with Gasteiger partial charge in [0.05, 0.1) is 5.60 Å². The third-order valence-electron chi connectivity index (χ3n) is 4.06. The van der Waals surface area contributed by atoms with Crippen molar-refractivity contribution < 1.29 is 5.11 Å². The van der Waals surface area contributed by atoms with E-state index in [0.717, 1.165) is 42.4 Å². The third-order valence-corrected chi connectivity index (χ3v) is 4.70. The normalized spacial score (nSPS) is 27.2. The van der Waals surface area contributed by atoms with E-state index in [1.165, 1.54) is 6.42 Å². The molecule has 1 saturated carbocycles. The van der Waals surface area contributed by atoms with E-state index >= 15 is 0 Å². The highest BCUT2D eigenvalue weighted by Crippen LogP contribution is 2.33. The largest absolute Gasteiger partial charge is 0.388 e. The van der Waals surface area contributed by atoms with E-state index in [9.17, 15) is 5.11 Å². The third kappa shape index (κ3) is 4.08. The SMILES string of the molecule is CCC1CCC(O)(CNc2cc(SC)ncn2)CC1. The highest BCUT2D eigenvalue weighted by Gasteiger charge is 2.32. The van der Waals surface area contributed by atoms with Crippen molar-refractivity contribution in [2.24, 2.45) is 5.92 Å². The molecule has 1 heterocycles. The Balaban J connectivity index is 1.87. The zero-order valence-corrected chi connectivity index (χ0v) is 12.5. The Kier molecular flexibility index (Phi) is 5.05. The maximum atomic E-state index is 10.6. The first-order valence-electron chi connectivity index (χ1n) is 6.97. The summed E-state index contributed by atoms with van der Waals surface area (Å²) in [7, 11) is 0. The Morgan fingerprint density at radius 1 is 1.42 bits per heavy atom. The summed E-state index contributed by atoms with van der Waals surface area (Å²) in [6.45, 7) is 2.81. The van der Waals surface area contributed by atoms with Crippen LogP contribution in [0.25, 0.3) is 0 Å². The predicted octanol–water partition coefficient (Wildman–Crippen LogP) is 2.94. The summed E-state index contributed by atoms with van der Waals surface area (Å²) in [6.07, 6.45) is 8.82. The van der Waals surface area contributed by atoms with E-state index in [1.807, 2.05) is 12.3 Å². The lowest BCUT2D eigenvalue weighted by molar-refractivity contribution is 0.00222. The number of rotatable bonds is 5. The van der Waals surface area contributed by atoms with Gasteiger partial charge in [0.2, 0.25) is 0 Å². The molecule has 0 aliphatic heterocycles. The van der Waals surface area contributed by atoms with Crippen molar-refractivity contribution in [2.45, 2.75) is 49.7 Å². The second-order valence-electron chi connectivity index (χ2n) is 5.38. The van der Waals surface area contributed by atoms with Crippen LogP contribution in [0.4, 0.5) is 5.82 Å². The van der Waals surface area contributed by atoms with Crippen molar-refractivity contribution >= 4 is 17.6 Å². The zero-order chi connectivity index (χ0) is 13.7.